The standard InChI is InChI=1S/C18H20N2O2/c1-14(21)20-17-11-9-16(10-12-17)18(22)19-13-5-8-15-6-3-2-4-7-15/h2-4,6-7,9-12H,5,8,13H2,1H3,(H,19,22)(H,20,21). The summed E-state index contributed by atoms with van der Waals surface area (Å²) in [4.78, 5) is 22.9. The van der Waals surface area contributed by atoms with E-state index < -0.39 is 0 Å². The van der Waals surface area contributed by atoms with E-state index in [0.717, 1.165) is 12.8 Å². The molecular formula is C18H20N2O2. The van der Waals surface area contributed by atoms with Crippen LogP contribution >= 0.6 is 0 Å². The number of hydrogen-bond acceptors (Lipinski definition) is 2. The number of amides is 2. The molecule has 0 spiro atoms. The molecule has 4 heteroatoms. The molecule has 114 valence electrons. The van der Waals surface area contributed by atoms with E-state index in [1.54, 1.807) is 24.3 Å². The molecule has 4 nitrogen and oxygen atoms in total. The predicted octanol–water partition coefficient (Wildman–Crippen LogP) is 3.01. The van der Waals surface area contributed by atoms with Crippen molar-refractivity contribution >= 4 is 17.5 Å². The smallest absolute Gasteiger partial charge is 0.251 e. The average molecular weight is 296 g/mol. The summed E-state index contributed by atoms with van der Waals surface area (Å²) in [5.41, 5.74) is 2.55. The van der Waals surface area contributed by atoms with E-state index in [0.29, 0.717) is 17.8 Å². The number of carbonyl (C=O) groups is 2. The zero-order valence-corrected chi connectivity index (χ0v) is 12.6. The van der Waals surface area contributed by atoms with Crippen LogP contribution in [0.4, 0.5) is 5.69 Å². The van der Waals surface area contributed by atoms with Gasteiger partial charge in [0.05, 0.1) is 0 Å². The maximum atomic E-state index is 12.0. The molecule has 2 aromatic rings. The molecule has 2 amide bonds. The number of carbonyl (C=O) groups excluding carboxylic acids is 2. The zero-order chi connectivity index (χ0) is 15.8. The van der Waals surface area contributed by atoms with Crippen LogP contribution in [0.2, 0.25) is 0 Å². The van der Waals surface area contributed by atoms with Crippen LogP contribution in [0.25, 0.3) is 0 Å². The number of rotatable bonds is 6. The Morgan fingerprint density at radius 1 is 0.955 bits per heavy atom. The highest BCUT2D eigenvalue weighted by Gasteiger charge is 2.05. The molecule has 0 aromatic heterocycles. The molecule has 0 bridgehead atoms. The van der Waals surface area contributed by atoms with Crippen molar-refractivity contribution in [3.63, 3.8) is 0 Å². The van der Waals surface area contributed by atoms with Crippen LogP contribution in [0, 0.1) is 0 Å². The maximum absolute atomic E-state index is 12.0. The summed E-state index contributed by atoms with van der Waals surface area (Å²) in [5, 5.41) is 5.57. The highest BCUT2D eigenvalue weighted by atomic mass is 16.2. The van der Waals surface area contributed by atoms with E-state index in [2.05, 4.69) is 22.8 Å². The fraction of sp³-hybridized carbons (Fsp3) is 0.222. The largest absolute Gasteiger partial charge is 0.352 e. The van der Waals surface area contributed by atoms with Crippen molar-refractivity contribution in [3.05, 3.63) is 65.7 Å². The van der Waals surface area contributed by atoms with Gasteiger partial charge in [-0.25, -0.2) is 0 Å². The average Bonchev–Trinajstić information content (AvgIpc) is 2.52. The summed E-state index contributed by atoms with van der Waals surface area (Å²) in [6.45, 7) is 2.09. The molecule has 0 aliphatic rings. The van der Waals surface area contributed by atoms with Crippen LogP contribution in [-0.4, -0.2) is 18.4 Å². The third-order valence-electron chi connectivity index (χ3n) is 3.24. The van der Waals surface area contributed by atoms with Gasteiger partial charge in [0, 0.05) is 24.7 Å². The van der Waals surface area contributed by atoms with Crippen molar-refractivity contribution in [2.45, 2.75) is 19.8 Å². The minimum absolute atomic E-state index is 0.0950. The van der Waals surface area contributed by atoms with Gasteiger partial charge < -0.3 is 10.6 Å². The van der Waals surface area contributed by atoms with Gasteiger partial charge >= 0.3 is 0 Å². The van der Waals surface area contributed by atoms with Crippen molar-refractivity contribution in [2.75, 3.05) is 11.9 Å². The molecule has 0 saturated heterocycles. The Morgan fingerprint density at radius 2 is 1.64 bits per heavy atom. The van der Waals surface area contributed by atoms with Crippen molar-refractivity contribution in [3.8, 4) is 0 Å². The van der Waals surface area contributed by atoms with Gasteiger partial charge in [-0.2, -0.15) is 0 Å². The van der Waals surface area contributed by atoms with Crippen molar-refractivity contribution < 1.29 is 9.59 Å². The number of nitrogens with one attached hydrogen (secondary N) is 2. The first-order valence-corrected chi connectivity index (χ1v) is 7.35. The number of aryl methyl sites for hydroxylation is 1. The van der Waals surface area contributed by atoms with Crippen LogP contribution < -0.4 is 10.6 Å². The van der Waals surface area contributed by atoms with Gasteiger partial charge in [0.15, 0.2) is 0 Å². The van der Waals surface area contributed by atoms with E-state index in [-0.39, 0.29) is 11.8 Å². The fourth-order valence-electron chi connectivity index (χ4n) is 2.15. The Bertz CT molecular complexity index is 621. The number of anilines is 1. The molecule has 0 fully saturated rings. The van der Waals surface area contributed by atoms with E-state index >= 15 is 0 Å². The molecule has 0 unspecified atom stereocenters. The van der Waals surface area contributed by atoms with Gasteiger partial charge in [0.2, 0.25) is 5.91 Å². The van der Waals surface area contributed by atoms with Gasteiger partial charge in [-0.05, 0) is 42.7 Å². The first-order valence-electron chi connectivity index (χ1n) is 7.35. The second-order valence-corrected chi connectivity index (χ2v) is 5.10. The zero-order valence-electron chi connectivity index (χ0n) is 12.6. The third-order valence-corrected chi connectivity index (χ3v) is 3.24. The summed E-state index contributed by atoms with van der Waals surface area (Å²) in [5.74, 6) is -0.222. The molecule has 0 saturated carbocycles. The summed E-state index contributed by atoms with van der Waals surface area (Å²) < 4.78 is 0. The topological polar surface area (TPSA) is 58.2 Å². The molecular weight excluding hydrogens is 276 g/mol. The first kappa shape index (κ1) is 15.8. The van der Waals surface area contributed by atoms with E-state index in [4.69, 9.17) is 0 Å². The van der Waals surface area contributed by atoms with Crippen molar-refractivity contribution in [1.82, 2.24) is 5.32 Å². The highest BCUT2D eigenvalue weighted by Crippen LogP contribution is 2.09. The molecule has 2 N–H and O–H groups in total. The normalized spacial score (nSPS) is 10.0. The highest BCUT2D eigenvalue weighted by molar-refractivity contribution is 5.95. The van der Waals surface area contributed by atoms with Gasteiger partial charge in [-0.15, -0.1) is 0 Å². The molecule has 0 aliphatic carbocycles. The lowest BCUT2D eigenvalue weighted by atomic mass is 10.1. The van der Waals surface area contributed by atoms with Gasteiger partial charge in [0.25, 0.3) is 5.91 Å². The van der Waals surface area contributed by atoms with Crippen molar-refractivity contribution in [1.29, 1.82) is 0 Å². The summed E-state index contributed by atoms with van der Waals surface area (Å²) in [6.07, 6.45) is 1.85. The third kappa shape index (κ3) is 5.05. The Morgan fingerprint density at radius 3 is 2.27 bits per heavy atom. The minimum Gasteiger partial charge on any atom is -0.352 e. The summed E-state index contributed by atoms with van der Waals surface area (Å²) in [7, 11) is 0. The molecule has 0 heterocycles. The quantitative estimate of drug-likeness (QED) is 0.805. The Kier molecular flexibility index (Phi) is 5.72. The van der Waals surface area contributed by atoms with Crippen LogP contribution in [0.15, 0.2) is 54.6 Å². The molecule has 2 aromatic carbocycles. The van der Waals surface area contributed by atoms with Gasteiger partial charge in [-0.1, -0.05) is 30.3 Å². The lowest BCUT2D eigenvalue weighted by molar-refractivity contribution is -0.114. The van der Waals surface area contributed by atoms with E-state index in [1.165, 1.54) is 12.5 Å². The summed E-state index contributed by atoms with van der Waals surface area (Å²) >= 11 is 0. The van der Waals surface area contributed by atoms with Crippen LogP contribution in [0.1, 0.15) is 29.3 Å². The molecule has 2 rings (SSSR count). The van der Waals surface area contributed by atoms with Gasteiger partial charge in [0.1, 0.15) is 0 Å². The SMILES string of the molecule is CC(=O)Nc1ccc(C(=O)NCCCc2ccccc2)cc1. The second-order valence-electron chi connectivity index (χ2n) is 5.10. The lowest BCUT2D eigenvalue weighted by Crippen LogP contribution is -2.24. The Balaban J connectivity index is 1.76. The van der Waals surface area contributed by atoms with E-state index in [9.17, 15) is 9.59 Å². The Hall–Kier alpha value is -2.62. The lowest BCUT2D eigenvalue weighted by Gasteiger charge is -2.07. The summed E-state index contributed by atoms with van der Waals surface area (Å²) in [6, 6.07) is 17.1. The minimum atomic E-state index is -0.127. The van der Waals surface area contributed by atoms with Gasteiger partial charge in [-0.3, -0.25) is 9.59 Å². The number of hydrogen-bond donors (Lipinski definition) is 2. The first-order chi connectivity index (χ1) is 10.6. The Labute approximate surface area is 130 Å². The molecule has 0 radical (unpaired) electrons. The van der Waals surface area contributed by atoms with Crippen LogP contribution in [0.5, 0.6) is 0 Å². The van der Waals surface area contributed by atoms with Crippen LogP contribution in [-0.2, 0) is 11.2 Å². The van der Waals surface area contributed by atoms with Crippen molar-refractivity contribution in [2.24, 2.45) is 0 Å². The van der Waals surface area contributed by atoms with Crippen LogP contribution in [0.3, 0.4) is 0 Å². The molecule has 0 atom stereocenters. The molecule has 0 aliphatic heterocycles. The van der Waals surface area contributed by atoms with E-state index in [1.807, 2.05) is 18.2 Å². The fourth-order valence-corrected chi connectivity index (χ4v) is 2.15. The predicted molar refractivity (Wildman–Crippen MR) is 87.8 cm³/mol. The maximum Gasteiger partial charge on any atom is 0.251 e. The second kappa shape index (κ2) is 7.98. The monoisotopic (exact) mass is 296 g/mol. The number of benzene rings is 2. The molecule has 22 heavy (non-hydrogen) atoms.